The molecule has 16 heavy (non-hydrogen) atoms. The van der Waals surface area contributed by atoms with Crippen molar-refractivity contribution in [3.05, 3.63) is 35.4 Å². The third kappa shape index (κ3) is 2.92. The lowest BCUT2D eigenvalue weighted by atomic mass is 9.99. The molecule has 0 aliphatic carbocycles. The fraction of sp³-hybridized carbons (Fsp3) is 0.333. The van der Waals surface area contributed by atoms with Crippen molar-refractivity contribution in [2.75, 3.05) is 7.11 Å². The highest BCUT2D eigenvalue weighted by molar-refractivity contribution is 9.10. The van der Waals surface area contributed by atoms with Gasteiger partial charge in [-0.1, -0.05) is 28.1 Å². The van der Waals surface area contributed by atoms with Gasteiger partial charge in [0.25, 0.3) is 0 Å². The summed E-state index contributed by atoms with van der Waals surface area (Å²) < 4.78 is 3.96. The predicted octanol–water partition coefficient (Wildman–Crippen LogP) is 2.83. The molecule has 0 unspecified atom stereocenters. The standard InChI is InChI=1S/C12H13BrO3/c1-12(2,13)10(14)8-5-4-6-9(7-8)11(15)16-3/h4-7H,1-3H3. The van der Waals surface area contributed by atoms with Crippen molar-refractivity contribution < 1.29 is 14.3 Å². The Hall–Kier alpha value is -1.16. The second kappa shape index (κ2) is 4.78. The van der Waals surface area contributed by atoms with Crippen LogP contribution in [-0.4, -0.2) is 23.2 Å². The van der Waals surface area contributed by atoms with Crippen LogP contribution in [0.3, 0.4) is 0 Å². The van der Waals surface area contributed by atoms with Gasteiger partial charge in [-0.3, -0.25) is 4.79 Å². The molecule has 1 aromatic rings. The van der Waals surface area contributed by atoms with Crippen molar-refractivity contribution in [2.24, 2.45) is 0 Å². The average molecular weight is 285 g/mol. The van der Waals surface area contributed by atoms with Crippen molar-refractivity contribution in [1.29, 1.82) is 0 Å². The Bertz CT molecular complexity index is 419. The lowest BCUT2D eigenvalue weighted by Crippen LogP contribution is -2.24. The van der Waals surface area contributed by atoms with E-state index in [0.29, 0.717) is 11.1 Å². The van der Waals surface area contributed by atoms with Gasteiger partial charge in [-0.05, 0) is 26.0 Å². The van der Waals surface area contributed by atoms with Crippen LogP contribution in [0.5, 0.6) is 0 Å². The molecular weight excluding hydrogens is 272 g/mol. The molecule has 0 atom stereocenters. The summed E-state index contributed by atoms with van der Waals surface area (Å²) in [4.78, 5) is 23.2. The molecule has 1 aromatic carbocycles. The first kappa shape index (κ1) is 12.9. The number of ketones is 1. The second-order valence-corrected chi connectivity index (χ2v) is 5.86. The number of esters is 1. The van der Waals surface area contributed by atoms with E-state index in [1.807, 2.05) is 0 Å². The molecule has 0 heterocycles. The van der Waals surface area contributed by atoms with Crippen LogP contribution < -0.4 is 0 Å². The third-order valence-corrected chi connectivity index (χ3v) is 2.45. The molecule has 0 aromatic heterocycles. The van der Waals surface area contributed by atoms with E-state index in [4.69, 9.17) is 0 Å². The Morgan fingerprint density at radius 2 is 1.81 bits per heavy atom. The summed E-state index contributed by atoms with van der Waals surface area (Å²) in [5.41, 5.74) is 0.870. The van der Waals surface area contributed by atoms with Gasteiger partial charge < -0.3 is 4.74 Å². The molecule has 0 amide bonds. The number of Topliss-reactive ketones (excluding diaryl/α,β-unsaturated/α-hetero) is 1. The predicted molar refractivity (Wildman–Crippen MR) is 65.1 cm³/mol. The van der Waals surface area contributed by atoms with Crippen LogP contribution in [0, 0.1) is 0 Å². The fourth-order valence-corrected chi connectivity index (χ4v) is 1.48. The number of carbonyl (C=O) groups excluding carboxylic acids is 2. The smallest absolute Gasteiger partial charge is 0.337 e. The number of alkyl halides is 1. The molecule has 0 saturated heterocycles. The monoisotopic (exact) mass is 284 g/mol. The quantitative estimate of drug-likeness (QED) is 0.487. The van der Waals surface area contributed by atoms with Gasteiger partial charge in [0.15, 0.2) is 5.78 Å². The SMILES string of the molecule is COC(=O)c1cccc(C(=O)C(C)(C)Br)c1. The van der Waals surface area contributed by atoms with E-state index >= 15 is 0 Å². The van der Waals surface area contributed by atoms with Crippen molar-refractivity contribution in [3.63, 3.8) is 0 Å². The van der Waals surface area contributed by atoms with E-state index in [1.165, 1.54) is 13.2 Å². The molecule has 3 nitrogen and oxygen atoms in total. The lowest BCUT2D eigenvalue weighted by Gasteiger charge is -2.14. The van der Waals surface area contributed by atoms with Gasteiger partial charge in [0, 0.05) is 5.56 Å². The highest BCUT2D eigenvalue weighted by atomic mass is 79.9. The summed E-state index contributed by atoms with van der Waals surface area (Å²) in [5.74, 6) is -0.514. The zero-order valence-electron chi connectivity index (χ0n) is 9.41. The van der Waals surface area contributed by atoms with Crippen LogP contribution in [-0.2, 0) is 4.74 Å². The van der Waals surface area contributed by atoms with E-state index < -0.39 is 10.3 Å². The van der Waals surface area contributed by atoms with Crippen molar-refractivity contribution in [1.82, 2.24) is 0 Å². The first-order valence-electron chi connectivity index (χ1n) is 4.78. The number of ether oxygens (including phenoxy) is 1. The molecule has 0 aliphatic rings. The summed E-state index contributed by atoms with van der Waals surface area (Å²) >= 11 is 3.29. The highest BCUT2D eigenvalue weighted by Gasteiger charge is 2.25. The molecule has 4 heteroatoms. The first-order valence-corrected chi connectivity index (χ1v) is 5.57. The van der Waals surface area contributed by atoms with Gasteiger partial charge in [0.2, 0.25) is 0 Å². The number of benzene rings is 1. The molecule has 0 aliphatic heterocycles. The Labute approximate surface area is 103 Å². The Balaban J connectivity index is 3.09. The molecular formula is C12H13BrO3. The molecule has 86 valence electrons. The van der Waals surface area contributed by atoms with Gasteiger partial charge in [-0.15, -0.1) is 0 Å². The molecule has 0 fully saturated rings. The maximum absolute atomic E-state index is 11.9. The molecule has 1 rings (SSSR count). The molecule has 0 saturated carbocycles. The van der Waals surface area contributed by atoms with E-state index in [0.717, 1.165) is 0 Å². The molecule has 0 N–H and O–H groups in total. The zero-order chi connectivity index (χ0) is 12.3. The number of halogens is 1. The number of methoxy groups -OCH3 is 1. The number of hydrogen-bond donors (Lipinski definition) is 0. The van der Waals surface area contributed by atoms with Crippen molar-refractivity contribution >= 4 is 27.7 Å². The number of carbonyl (C=O) groups is 2. The minimum absolute atomic E-state index is 0.0711. The summed E-state index contributed by atoms with van der Waals surface area (Å²) in [6.07, 6.45) is 0. The van der Waals surface area contributed by atoms with Gasteiger partial charge in [0.05, 0.1) is 17.0 Å². The van der Waals surface area contributed by atoms with Crippen LogP contribution in [0.25, 0.3) is 0 Å². The normalized spacial score (nSPS) is 11.0. The van der Waals surface area contributed by atoms with E-state index in [1.54, 1.807) is 32.0 Å². The average Bonchev–Trinajstić information content (AvgIpc) is 2.26. The van der Waals surface area contributed by atoms with Crippen molar-refractivity contribution in [3.8, 4) is 0 Å². The van der Waals surface area contributed by atoms with Crippen LogP contribution in [0.2, 0.25) is 0 Å². The number of hydrogen-bond acceptors (Lipinski definition) is 3. The van der Waals surface area contributed by atoms with Gasteiger partial charge in [-0.2, -0.15) is 0 Å². The topological polar surface area (TPSA) is 43.4 Å². The lowest BCUT2D eigenvalue weighted by molar-refractivity contribution is 0.0600. The summed E-state index contributed by atoms with van der Waals surface area (Å²) in [6, 6.07) is 6.50. The molecule has 0 spiro atoms. The Morgan fingerprint density at radius 3 is 2.31 bits per heavy atom. The molecule has 0 bridgehead atoms. The summed E-state index contributed by atoms with van der Waals surface area (Å²) in [5, 5.41) is 0. The van der Waals surface area contributed by atoms with Crippen LogP contribution >= 0.6 is 15.9 Å². The van der Waals surface area contributed by atoms with Crippen molar-refractivity contribution in [2.45, 2.75) is 18.2 Å². The first-order chi connectivity index (χ1) is 7.36. The van der Waals surface area contributed by atoms with Gasteiger partial charge in [-0.25, -0.2) is 4.79 Å². The largest absolute Gasteiger partial charge is 0.465 e. The highest BCUT2D eigenvalue weighted by Crippen LogP contribution is 2.22. The second-order valence-electron chi connectivity index (χ2n) is 3.87. The summed E-state index contributed by atoms with van der Waals surface area (Å²) in [7, 11) is 1.31. The maximum Gasteiger partial charge on any atom is 0.337 e. The van der Waals surface area contributed by atoms with Crippen LogP contribution in [0.4, 0.5) is 0 Å². The fourth-order valence-electron chi connectivity index (χ4n) is 1.25. The molecule has 0 radical (unpaired) electrons. The maximum atomic E-state index is 11.9. The summed E-state index contributed by atoms with van der Waals surface area (Å²) in [6.45, 7) is 3.53. The van der Waals surface area contributed by atoms with E-state index in [-0.39, 0.29) is 5.78 Å². The zero-order valence-corrected chi connectivity index (χ0v) is 11.0. The van der Waals surface area contributed by atoms with Crippen LogP contribution in [0.15, 0.2) is 24.3 Å². The van der Waals surface area contributed by atoms with Gasteiger partial charge in [0.1, 0.15) is 0 Å². The number of rotatable bonds is 3. The Kier molecular flexibility index (Phi) is 3.86. The Morgan fingerprint density at radius 1 is 1.25 bits per heavy atom. The van der Waals surface area contributed by atoms with E-state index in [2.05, 4.69) is 20.7 Å². The third-order valence-electron chi connectivity index (χ3n) is 2.09. The minimum atomic E-state index is -0.637. The van der Waals surface area contributed by atoms with Crippen LogP contribution in [0.1, 0.15) is 34.6 Å². The minimum Gasteiger partial charge on any atom is -0.465 e. The van der Waals surface area contributed by atoms with Gasteiger partial charge >= 0.3 is 5.97 Å². The van der Waals surface area contributed by atoms with E-state index in [9.17, 15) is 9.59 Å².